The summed E-state index contributed by atoms with van der Waals surface area (Å²) in [7, 11) is 0. The minimum atomic E-state index is -0.0982. The SMILES string of the molecule is Fc1ccc(CNCCN2CCOCC2)cc1N1CCCC1. The van der Waals surface area contributed by atoms with Gasteiger partial charge in [-0.15, -0.1) is 0 Å². The number of hydrogen-bond acceptors (Lipinski definition) is 4. The topological polar surface area (TPSA) is 27.7 Å². The summed E-state index contributed by atoms with van der Waals surface area (Å²) in [6.45, 7) is 8.49. The predicted octanol–water partition coefficient (Wildman–Crippen LogP) is 1.85. The number of nitrogens with one attached hydrogen (secondary N) is 1. The van der Waals surface area contributed by atoms with Gasteiger partial charge >= 0.3 is 0 Å². The molecule has 22 heavy (non-hydrogen) atoms. The van der Waals surface area contributed by atoms with Crippen LogP contribution in [0.4, 0.5) is 10.1 Å². The molecule has 5 heteroatoms. The molecule has 2 saturated heterocycles. The molecule has 122 valence electrons. The lowest BCUT2D eigenvalue weighted by molar-refractivity contribution is 0.0384. The summed E-state index contributed by atoms with van der Waals surface area (Å²) in [5.74, 6) is -0.0982. The molecule has 1 aromatic carbocycles. The summed E-state index contributed by atoms with van der Waals surface area (Å²) < 4.78 is 19.3. The maximum Gasteiger partial charge on any atom is 0.146 e. The van der Waals surface area contributed by atoms with E-state index in [1.54, 1.807) is 6.07 Å². The van der Waals surface area contributed by atoms with E-state index in [2.05, 4.69) is 15.1 Å². The highest BCUT2D eigenvalue weighted by atomic mass is 19.1. The van der Waals surface area contributed by atoms with Gasteiger partial charge in [-0.2, -0.15) is 0 Å². The summed E-state index contributed by atoms with van der Waals surface area (Å²) in [6.07, 6.45) is 2.34. The van der Waals surface area contributed by atoms with E-state index in [1.165, 1.54) is 12.8 Å². The van der Waals surface area contributed by atoms with E-state index in [9.17, 15) is 4.39 Å². The third-order valence-corrected chi connectivity index (χ3v) is 4.49. The van der Waals surface area contributed by atoms with E-state index in [0.29, 0.717) is 0 Å². The highest BCUT2D eigenvalue weighted by Crippen LogP contribution is 2.24. The summed E-state index contributed by atoms with van der Waals surface area (Å²) in [6, 6.07) is 5.49. The molecule has 0 saturated carbocycles. The lowest BCUT2D eigenvalue weighted by atomic mass is 10.1. The Balaban J connectivity index is 1.46. The van der Waals surface area contributed by atoms with Crippen LogP contribution in [0.2, 0.25) is 0 Å². The van der Waals surface area contributed by atoms with Gasteiger partial charge in [0.1, 0.15) is 5.82 Å². The van der Waals surface area contributed by atoms with Gasteiger partial charge in [0.2, 0.25) is 0 Å². The lowest BCUT2D eigenvalue weighted by Crippen LogP contribution is -2.40. The molecule has 0 bridgehead atoms. The zero-order chi connectivity index (χ0) is 15.2. The van der Waals surface area contributed by atoms with Crippen molar-refractivity contribution in [3.8, 4) is 0 Å². The monoisotopic (exact) mass is 307 g/mol. The van der Waals surface area contributed by atoms with Crippen LogP contribution in [0.3, 0.4) is 0 Å². The van der Waals surface area contributed by atoms with Crippen LogP contribution in [0.25, 0.3) is 0 Å². The van der Waals surface area contributed by atoms with Gasteiger partial charge in [-0.1, -0.05) is 6.07 Å². The summed E-state index contributed by atoms with van der Waals surface area (Å²) in [4.78, 5) is 4.57. The zero-order valence-corrected chi connectivity index (χ0v) is 13.2. The molecule has 1 N–H and O–H groups in total. The number of morpholine rings is 1. The van der Waals surface area contributed by atoms with Crippen molar-refractivity contribution in [3.05, 3.63) is 29.6 Å². The Morgan fingerprint density at radius 2 is 1.86 bits per heavy atom. The van der Waals surface area contributed by atoms with E-state index in [1.807, 2.05) is 12.1 Å². The molecule has 0 aliphatic carbocycles. The summed E-state index contributed by atoms with van der Waals surface area (Å²) >= 11 is 0. The first-order chi connectivity index (χ1) is 10.8. The molecule has 0 aromatic heterocycles. The van der Waals surface area contributed by atoms with E-state index in [0.717, 1.165) is 70.3 Å². The Morgan fingerprint density at radius 3 is 2.64 bits per heavy atom. The maximum absolute atomic E-state index is 14.0. The minimum Gasteiger partial charge on any atom is -0.379 e. The second-order valence-electron chi connectivity index (χ2n) is 6.11. The minimum absolute atomic E-state index is 0.0982. The molecule has 2 heterocycles. The Labute approximate surface area is 132 Å². The van der Waals surface area contributed by atoms with Crippen molar-refractivity contribution in [3.63, 3.8) is 0 Å². The first-order valence-electron chi connectivity index (χ1n) is 8.37. The fourth-order valence-corrected chi connectivity index (χ4v) is 3.16. The molecule has 0 spiro atoms. The first-order valence-corrected chi connectivity index (χ1v) is 8.37. The molecule has 0 radical (unpaired) electrons. The van der Waals surface area contributed by atoms with Crippen LogP contribution in [0, 0.1) is 5.82 Å². The standard InChI is InChI=1S/C17H26FN3O/c18-16-4-3-15(13-17(16)21-6-1-2-7-21)14-19-5-8-20-9-11-22-12-10-20/h3-4,13,19H,1-2,5-12,14H2. The van der Waals surface area contributed by atoms with E-state index in [-0.39, 0.29) is 5.82 Å². The third kappa shape index (κ3) is 4.18. The van der Waals surface area contributed by atoms with E-state index < -0.39 is 0 Å². The molecule has 2 aliphatic heterocycles. The molecule has 4 nitrogen and oxygen atoms in total. The highest BCUT2D eigenvalue weighted by Gasteiger charge is 2.16. The van der Waals surface area contributed by atoms with Crippen LogP contribution < -0.4 is 10.2 Å². The highest BCUT2D eigenvalue weighted by molar-refractivity contribution is 5.50. The Kier molecular flexibility index (Phi) is 5.64. The van der Waals surface area contributed by atoms with Crippen LogP contribution in [0.15, 0.2) is 18.2 Å². The molecule has 1 aromatic rings. The van der Waals surface area contributed by atoms with Gasteiger partial charge < -0.3 is 15.0 Å². The number of nitrogens with zero attached hydrogens (tertiary/aromatic N) is 2. The van der Waals surface area contributed by atoms with Gasteiger partial charge in [0, 0.05) is 45.8 Å². The van der Waals surface area contributed by atoms with E-state index in [4.69, 9.17) is 4.74 Å². The number of halogens is 1. The quantitative estimate of drug-likeness (QED) is 0.812. The van der Waals surface area contributed by atoms with Crippen molar-refractivity contribution >= 4 is 5.69 Å². The Morgan fingerprint density at radius 1 is 1.09 bits per heavy atom. The molecule has 2 fully saturated rings. The first kappa shape index (κ1) is 15.7. The lowest BCUT2D eigenvalue weighted by Gasteiger charge is -2.26. The maximum atomic E-state index is 14.0. The van der Waals surface area contributed by atoms with Gasteiger partial charge in [0.05, 0.1) is 18.9 Å². The molecular formula is C17H26FN3O. The van der Waals surface area contributed by atoms with Crippen LogP contribution in [0.1, 0.15) is 18.4 Å². The summed E-state index contributed by atoms with van der Waals surface area (Å²) in [5.41, 5.74) is 1.93. The van der Waals surface area contributed by atoms with Crippen LogP contribution >= 0.6 is 0 Å². The van der Waals surface area contributed by atoms with Crippen LogP contribution in [-0.4, -0.2) is 57.4 Å². The fraction of sp³-hybridized carbons (Fsp3) is 0.647. The molecular weight excluding hydrogens is 281 g/mol. The number of ether oxygens (including phenoxy) is 1. The molecule has 0 amide bonds. The van der Waals surface area contributed by atoms with Gasteiger partial charge in [0.15, 0.2) is 0 Å². The van der Waals surface area contributed by atoms with Crippen LogP contribution in [0.5, 0.6) is 0 Å². The smallest absolute Gasteiger partial charge is 0.146 e. The van der Waals surface area contributed by atoms with Crippen molar-refractivity contribution in [1.82, 2.24) is 10.2 Å². The largest absolute Gasteiger partial charge is 0.379 e. The van der Waals surface area contributed by atoms with Gasteiger partial charge in [-0.05, 0) is 30.5 Å². The van der Waals surface area contributed by atoms with E-state index >= 15 is 0 Å². The molecule has 3 rings (SSSR count). The van der Waals surface area contributed by atoms with Crippen molar-refractivity contribution < 1.29 is 9.13 Å². The average molecular weight is 307 g/mol. The summed E-state index contributed by atoms with van der Waals surface area (Å²) in [5, 5.41) is 3.46. The van der Waals surface area contributed by atoms with Gasteiger partial charge in [-0.25, -0.2) is 4.39 Å². The number of benzene rings is 1. The van der Waals surface area contributed by atoms with Gasteiger partial charge in [-0.3, -0.25) is 4.90 Å². The van der Waals surface area contributed by atoms with Crippen molar-refractivity contribution in [2.45, 2.75) is 19.4 Å². The number of rotatable bonds is 6. The van der Waals surface area contributed by atoms with Crippen LogP contribution in [-0.2, 0) is 11.3 Å². The zero-order valence-electron chi connectivity index (χ0n) is 13.2. The average Bonchev–Trinajstić information content (AvgIpc) is 3.08. The van der Waals surface area contributed by atoms with Crippen molar-refractivity contribution in [2.24, 2.45) is 0 Å². The molecule has 0 unspecified atom stereocenters. The predicted molar refractivity (Wildman–Crippen MR) is 86.8 cm³/mol. The Hall–Kier alpha value is -1.17. The van der Waals surface area contributed by atoms with Crippen molar-refractivity contribution in [1.29, 1.82) is 0 Å². The fourth-order valence-electron chi connectivity index (χ4n) is 3.16. The van der Waals surface area contributed by atoms with Crippen molar-refractivity contribution in [2.75, 3.05) is 57.4 Å². The Bertz CT molecular complexity index is 471. The second-order valence-corrected chi connectivity index (χ2v) is 6.11. The third-order valence-electron chi connectivity index (χ3n) is 4.49. The molecule has 0 atom stereocenters. The number of hydrogen-bond donors (Lipinski definition) is 1. The second kappa shape index (κ2) is 7.90. The van der Waals surface area contributed by atoms with Gasteiger partial charge in [0.25, 0.3) is 0 Å². The normalized spacial score (nSPS) is 19.8. The number of anilines is 1. The molecule has 2 aliphatic rings.